The summed E-state index contributed by atoms with van der Waals surface area (Å²) in [6, 6.07) is 6.97. The molecule has 20 heavy (non-hydrogen) atoms. The van der Waals surface area contributed by atoms with Crippen LogP contribution in [0.2, 0.25) is 0 Å². The van der Waals surface area contributed by atoms with Gasteiger partial charge in [-0.15, -0.1) is 0 Å². The zero-order valence-corrected chi connectivity index (χ0v) is 13.5. The Morgan fingerprint density at radius 3 is 2.45 bits per heavy atom. The van der Waals surface area contributed by atoms with Crippen LogP contribution in [0, 0.1) is 18.6 Å². The minimum atomic E-state index is -0.675. The molecule has 0 fully saturated rings. The Labute approximate surface area is 131 Å². The first-order chi connectivity index (χ1) is 9.38. The largest absolute Gasteiger partial charge is 0.319 e. The molecule has 0 radical (unpaired) electrons. The summed E-state index contributed by atoms with van der Waals surface area (Å²) < 4.78 is 28.4. The van der Waals surface area contributed by atoms with Crippen LogP contribution in [0.25, 0.3) is 0 Å². The number of anilines is 1. The van der Waals surface area contributed by atoms with Crippen LogP contribution in [0.5, 0.6) is 0 Å². The van der Waals surface area contributed by atoms with Crippen LogP contribution in [-0.2, 0) is 0 Å². The minimum absolute atomic E-state index is 0.185. The standard InChI is InChI=1S/C14H9Br2F2NO/c1-7-4-12(18)13(6-11(7)17)19-14(20)9-3-2-8(15)5-10(9)16/h2-6H,1H3,(H,19,20). The lowest BCUT2D eigenvalue weighted by atomic mass is 10.1. The molecule has 0 aliphatic heterocycles. The van der Waals surface area contributed by atoms with Crippen molar-refractivity contribution < 1.29 is 13.6 Å². The summed E-state index contributed by atoms with van der Waals surface area (Å²) in [5.41, 5.74) is 0.326. The quantitative estimate of drug-likeness (QED) is 0.745. The zero-order chi connectivity index (χ0) is 14.9. The molecule has 1 amide bonds. The van der Waals surface area contributed by atoms with E-state index in [4.69, 9.17) is 0 Å². The topological polar surface area (TPSA) is 29.1 Å². The Balaban J connectivity index is 2.30. The van der Waals surface area contributed by atoms with E-state index in [-0.39, 0.29) is 11.3 Å². The SMILES string of the molecule is Cc1cc(F)c(NC(=O)c2ccc(Br)cc2Br)cc1F. The normalized spacial score (nSPS) is 10.4. The highest BCUT2D eigenvalue weighted by Crippen LogP contribution is 2.24. The number of hydrogen-bond donors (Lipinski definition) is 1. The number of rotatable bonds is 2. The molecule has 0 aliphatic carbocycles. The molecule has 0 aliphatic rings. The molecule has 104 valence electrons. The monoisotopic (exact) mass is 403 g/mol. The number of carbonyl (C=O) groups excluding carboxylic acids is 1. The molecule has 2 aromatic rings. The van der Waals surface area contributed by atoms with Gasteiger partial charge in [-0.25, -0.2) is 8.78 Å². The Morgan fingerprint density at radius 2 is 1.80 bits per heavy atom. The van der Waals surface area contributed by atoms with E-state index in [9.17, 15) is 13.6 Å². The summed E-state index contributed by atoms with van der Waals surface area (Å²) in [6.45, 7) is 1.45. The van der Waals surface area contributed by atoms with Crippen molar-refractivity contribution in [1.29, 1.82) is 0 Å². The molecule has 2 aromatic carbocycles. The highest BCUT2D eigenvalue weighted by Gasteiger charge is 2.14. The molecule has 0 aromatic heterocycles. The van der Waals surface area contributed by atoms with Gasteiger partial charge in [0.05, 0.1) is 11.3 Å². The predicted molar refractivity (Wildman–Crippen MR) is 80.9 cm³/mol. The smallest absolute Gasteiger partial charge is 0.256 e. The van der Waals surface area contributed by atoms with Crippen LogP contribution in [-0.4, -0.2) is 5.91 Å². The lowest BCUT2D eigenvalue weighted by molar-refractivity contribution is 0.102. The predicted octanol–water partition coefficient (Wildman–Crippen LogP) is 5.05. The molecule has 2 nitrogen and oxygen atoms in total. The van der Waals surface area contributed by atoms with Gasteiger partial charge in [0.1, 0.15) is 11.6 Å². The molecule has 0 unspecified atom stereocenters. The van der Waals surface area contributed by atoms with Crippen LogP contribution in [0.1, 0.15) is 15.9 Å². The second-order valence-corrected chi connectivity index (χ2v) is 5.93. The van der Waals surface area contributed by atoms with Gasteiger partial charge in [0.2, 0.25) is 0 Å². The van der Waals surface area contributed by atoms with Gasteiger partial charge < -0.3 is 5.32 Å². The average Bonchev–Trinajstić information content (AvgIpc) is 2.35. The molecular weight excluding hydrogens is 396 g/mol. The summed E-state index contributed by atoms with van der Waals surface area (Å²) in [7, 11) is 0. The summed E-state index contributed by atoms with van der Waals surface area (Å²) in [4.78, 5) is 12.0. The van der Waals surface area contributed by atoms with Gasteiger partial charge in [0, 0.05) is 15.0 Å². The van der Waals surface area contributed by atoms with Gasteiger partial charge in [-0.2, -0.15) is 0 Å². The number of aryl methyl sites for hydroxylation is 1. The van der Waals surface area contributed by atoms with Crippen LogP contribution in [0.3, 0.4) is 0 Å². The average molecular weight is 405 g/mol. The number of benzene rings is 2. The minimum Gasteiger partial charge on any atom is -0.319 e. The van der Waals surface area contributed by atoms with Crippen molar-refractivity contribution >= 4 is 43.5 Å². The maximum atomic E-state index is 13.7. The maximum Gasteiger partial charge on any atom is 0.256 e. The summed E-state index contributed by atoms with van der Waals surface area (Å²) in [6.07, 6.45) is 0. The van der Waals surface area contributed by atoms with Crippen molar-refractivity contribution in [2.75, 3.05) is 5.32 Å². The summed E-state index contributed by atoms with van der Waals surface area (Å²) in [5, 5.41) is 2.36. The number of hydrogen-bond acceptors (Lipinski definition) is 1. The lowest BCUT2D eigenvalue weighted by Crippen LogP contribution is -2.14. The van der Waals surface area contributed by atoms with E-state index in [0.29, 0.717) is 10.0 Å². The second-order valence-electron chi connectivity index (χ2n) is 4.16. The molecule has 6 heteroatoms. The fourth-order valence-corrected chi connectivity index (χ4v) is 2.83. The van der Waals surface area contributed by atoms with E-state index in [1.165, 1.54) is 6.92 Å². The summed E-state index contributed by atoms with van der Waals surface area (Å²) >= 11 is 6.52. The number of amides is 1. The molecule has 0 spiro atoms. The number of nitrogens with one attached hydrogen (secondary N) is 1. The Hall–Kier alpha value is -1.27. The molecule has 0 bridgehead atoms. The van der Waals surface area contributed by atoms with Gasteiger partial charge in [0.15, 0.2) is 0 Å². The molecule has 0 saturated carbocycles. The van der Waals surface area contributed by atoms with E-state index in [1.54, 1.807) is 18.2 Å². The Kier molecular flexibility index (Phi) is 4.55. The van der Waals surface area contributed by atoms with E-state index in [2.05, 4.69) is 37.2 Å². The molecular formula is C14H9Br2F2NO. The molecule has 0 atom stereocenters. The molecule has 0 heterocycles. The third-order valence-electron chi connectivity index (χ3n) is 2.67. The second kappa shape index (κ2) is 6.01. The van der Waals surface area contributed by atoms with Crippen molar-refractivity contribution in [2.45, 2.75) is 6.92 Å². The summed E-state index contributed by atoms with van der Waals surface area (Å²) in [5.74, 6) is -1.77. The van der Waals surface area contributed by atoms with Crippen LogP contribution in [0.4, 0.5) is 14.5 Å². The zero-order valence-electron chi connectivity index (χ0n) is 10.3. The van der Waals surface area contributed by atoms with Gasteiger partial charge in [-0.3, -0.25) is 4.79 Å². The van der Waals surface area contributed by atoms with Crippen molar-refractivity contribution in [3.63, 3.8) is 0 Å². The fraction of sp³-hybridized carbons (Fsp3) is 0.0714. The first-order valence-corrected chi connectivity index (χ1v) is 7.19. The van der Waals surface area contributed by atoms with Crippen molar-refractivity contribution in [3.05, 3.63) is 62.0 Å². The van der Waals surface area contributed by atoms with Gasteiger partial charge in [0.25, 0.3) is 5.91 Å². The molecule has 0 saturated heterocycles. The van der Waals surface area contributed by atoms with Gasteiger partial charge in [-0.1, -0.05) is 15.9 Å². The Bertz CT molecular complexity index is 689. The number of carbonyl (C=O) groups is 1. The fourth-order valence-electron chi connectivity index (χ4n) is 1.61. The molecule has 1 N–H and O–H groups in total. The first-order valence-electron chi connectivity index (χ1n) is 5.60. The van der Waals surface area contributed by atoms with Crippen molar-refractivity contribution in [2.24, 2.45) is 0 Å². The van der Waals surface area contributed by atoms with Gasteiger partial charge >= 0.3 is 0 Å². The van der Waals surface area contributed by atoms with Gasteiger partial charge in [-0.05, 0) is 52.7 Å². The van der Waals surface area contributed by atoms with Crippen LogP contribution in [0.15, 0.2) is 39.3 Å². The van der Waals surface area contributed by atoms with E-state index in [0.717, 1.165) is 16.6 Å². The van der Waals surface area contributed by atoms with E-state index >= 15 is 0 Å². The van der Waals surface area contributed by atoms with Crippen LogP contribution < -0.4 is 5.32 Å². The van der Waals surface area contributed by atoms with Crippen molar-refractivity contribution in [3.8, 4) is 0 Å². The number of halogens is 4. The van der Waals surface area contributed by atoms with Crippen LogP contribution >= 0.6 is 31.9 Å². The van der Waals surface area contributed by atoms with Crippen molar-refractivity contribution in [1.82, 2.24) is 0 Å². The Morgan fingerprint density at radius 1 is 1.10 bits per heavy atom. The highest BCUT2D eigenvalue weighted by molar-refractivity contribution is 9.11. The highest BCUT2D eigenvalue weighted by atomic mass is 79.9. The maximum absolute atomic E-state index is 13.7. The van der Waals surface area contributed by atoms with E-state index < -0.39 is 17.5 Å². The molecule has 2 rings (SSSR count). The van der Waals surface area contributed by atoms with E-state index in [1.807, 2.05) is 0 Å². The first kappa shape index (κ1) is 15.1. The third kappa shape index (κ3) is 3.24. The lowest BCUT2D eigenvalue weighted by Gasteiger charge is -2.09. The third-order valence-corrected chi connectivity index (χ3v) is 3.82.